The molecule has 0 aromatic heterocycles. The van der Waals surface area contributed by atoms with Crippen molar-refractivity contribution in [2.24, 2.45) is 11.8 Å². The molecule has 27 heavy (non-hydrogen) atoms. The van der Waals surface area contributed by atoms with E-state index in [1.54, 1.807) is 0 Å². The molecule has 0 spiro atoms. The second-order valence-electron chi connectivity index (χ2n) is 8.62. The molecule has 0 heterocycles. The highest BCUT2D eigenvalue weighted by molar-refractivity contribution is 5.77. The number of hydrogen-bond acceptors (Lipinski definition) is 2. The summed E-state index contributed by atoms with van der Waals surface area (Å²) in [4.78, 5) is 14.9. The van der Waals surface area contributed by atoms with Crippen LogP contribution in [0.4, 0.5) is 0 Å². The predicted molar refractivity (Wildman–Crippen MR) is 116 cm³/mol. The molecule has 4 unspecified atom stereocenters. The van der Waals surface area contributed by atoms with Crippen LogP contribution >= 0.6 is 0 Å². The maximum Gasteiger partial charge on any atom is 0.223 e. The first-order valence-electron chi connectivity index (χ1n) is 11.5. The second kappa shape index (κ2) is 11.7. The maximum atomic E-state index is 12.7. The number of rotatable bonds is 11. The fourth-order valence-electron chi connectivity index (χ4n) is 4.79. The third-order valence-corrected chi connectivity index (χ3v) is 6.56. The standard InChI is InChI=1S/C24H42N2O/c1-5-20-10-12-23(13-11-20)26(24(27)7-3)22(6-2)15-17-25-16-14-21-9-8-19(4)18-21/h10-12,19,21-23,25H,5-9,13-18H2,1-4H3. The predicted octanol–water partition coefficient (Wildman–Crippen LogP) is 5.47. The molecule has 0 radical (unpaired) electrons. The van der Waals surface area contributed by atoms with E-state index in [-0.39, 0.29) is 6.04 Å². The summed E-state index contributed by atoms with van der Waals surface area (Å²) < 4.78 is 0. The Morgan fingerprint density at radius 1 is 1.26 bits per heavy atom. The van der Waals surface area contributed by atoms with Crippen molar-refractivity contribution >= 4 is 5.91 Å². The first-order chi connectivity index (χ1) is 13.1. The van der Waals surface area contributed by atoms with Crippen LogP contribution in [0.5, 0.6) is 0 Å². The molecule has 3 heteroatoms. The number of carbonyl (C=O) groups is 1. The fraction of sp³-hybridized carbons (Fsp3) is 0.792. The van der Waals surface area contributed by atoms with Crippen LogP contribution in [0.25, 0.3) is 0 Å². The van der Waals surface area contributed by atoms with E-state index in [0.717, 1.165) is 50.6 Å². The van der Waals surface area contributed by atoms with Crippen molar-refractivity contribution in [3.05, 3.63) is 23.8 Å². The maximum absolute atomic E-state index is 12.7. The van der Waals surface area contributed by atoms with E-state index in [0.29, 0.717) is 18.4 Å². The summed E-state index contributed by atoms with van der Waals surface area (Å²) in [6.45, 7) is 10.9. The van der Waals surface area contributed by atoms with Crippen molar-refractivity contribution in [3.63, 3.8) is 0 Å². The second-order valence-corrected chi connectivity index (χ2v) is 8.62. The number of carbonyl (C=O) groups excluding carboxylic acids is 1. The summed E-state index contributed by atoms with van der Waals surface area (Å²) in [5.41, 5.74) is 1.39. The lowest BCUT2D eigenvalue weighted by molar-refractivity contribution is -0.135. The third-order valence-electron chi connectivity index (χ3n) is 6.56. The van der Waals surface area contributed by atoms with Crippen LogP contribution in [0.15, 0.2) is 23.8 Å². The molecule has 1 amide bonds. The van der Waals surface area contributed by atoms with Gasteiger partial charge in [-0.05, 0) is 63.5 Å². The Morgan fingerprint density at radius 2 is 2.07 bits per heavy atom. The van der Waals surface area contributed by atoms with E-state index < -0.39 is 0 Å². The molecular weight excluding hydrogens is 332 g/mol. The fourth-order valence-corrected chi connectivity index (χ4v) is 4.79. The summed E-state index contributed by atoms with van der Waals surface area (Å²) in [6.07, 6.45) is 17.1. The minimum absolute atomic E-state index is 0.234. The Kier molecular flexibility index (Phi) is 9.61. The van der Waals surface area contributed by atoms with Gasteiger partial charge in [-0.1, -0.05) is 64.3 Å². The molecular formula is C24H42N2O. The summed E-state index contributed by atoms with van der Waals surface area (Å²) in [7, 11) is 0. The van der Waals surface area contributed by atoms with Gasteiger partial charge in [-0.15, -0.1) is 0 Å². The van der Waals surface area contributed by atoms with Crippen molar-refractivity contribution in [1.82, 2.24) is 10.2 Å². The van der Waals surface area contributed by atoms with Gasteiger partial charge in [0, 0.05) is 12.5 Å². The summed E-state index contributed by atoms with van der Waals surface area (Å²) in [5, 5.41) is 3.65. The van der Waals surface area contributed by atoms with Crippen LogP contribution in [0.3, 0.4) is 0 Å². The van der Waals surface area contributed by atoms with Crippen molar-refractivity contribution < 1.29 is 4.79 Å². The van der Waals surface area contributed by atoms with E-state index in [9.17, 15) is 4.79 Å². The Hall–Kier alpha value is -1.09. The molecule has 1 fully saturated rings. The van der Waals surface area contributed by atoms with Crippen LogP contribution < -0.4 is 5.32 Å². The van der Waals surface area contributed by atoms with Gasteiger partial charge in [-0.2, -0.15) is 0 Å². The van der Waals surface area contributed by atoms with E-state index >= 15 is 0 Å². The van der Waals surface area contributed by atoms with Crippen molar-refractivity contribution in [3.8, 4) is 0 Å². The van der Waals surface area contributed by atoms with Crippen LogP contribution in [0.1, 0.15) is 85.5 Å². The molecule has 3 nitrogen and oxygen atoms in total. The molecule has 0 bridgehead atoms. The normalized spacial score (nSPS) is 26.1. The van der Waals surface area contributed by atoms with Gasteiger partial charge >= 0.3 is 0 Å². The average molecular weight is 375 g/mol. The number of nitrogens with zero attached hydrogens (tertiary/aromatic N) is 1. The number of nitrogens with one attached hydrogen (secondary N) is 1. The van der Waals surface area contributed by atoms with Crippen LogP contribution in [-0.2, 0) is 4.79 Å². The molecule has 154 valence electrons. The largest absolute Gasteiger partial charge is 0.333 e. The third kappa shape index (κ3) is 6.78. The Morgan fingerprint density at radius 3 is 2.63 bits per heavy atom. The van der Waals surface area contributed by atoms with Crippen LogP contribution in [0, 0.1) is 11.8 Å². The molecule has 4 atom stereocenters. The molecule has 2 rings (SSSR count). The SMILES string of the molecule is CCC(=O)N(C1C=CC(CC)=CC1)C(CC)CCNCCC1CCC(C)C1. The Labute approximate surface area is 167 Å². The van der Waals surface area contributed by atoms with Gasteiger partial charge in [0.2, 0.25) is 5.91 Å². The first-order valence-corrected chi connectivity index (χ1v) is 11.5. The summed E-state index contributed by atoms with van der Waals surface area (Å²) in [6, 6.07) is 0.570. The Bertz CT molecular complexity index is 511. The average Bonchev–Trinajstić information content (AvgIpc) is 3.11. The molecule has 0 aliphatic heterocycles. The molecule has 1 saturated carbocycles. The van der Waals surface area contributed by atoms with Gasteiger partial charge < -0.3 is 10.2 Å². The molecule has 1 N–H and O–H groups in total. The summed E-state index contributed by atoms with van der Waals surface area (Å²) in [5.74, 6) is 2.16. The van der Waals surface area contributed by atoms with Gasteiger partial charge in [-0.25, -0.2) is 0 Å². The molecule has 0 saturated heterocycles. The molecule has 0 aromatic rings. The molecule has 2 aliphatic rings. The highest BCUT2D eigenvalue weighted by atomic mass is 16.2. The van der Waals surface area contributed by atoms with Crippen LogP contribution in [-0.4, -0.2) is 36.0 Å². The minimum atomic E-state index is 0.234. The highest BCUT2D eigenvalue weighted by Gasteiger charge is 2.27. The van der Waals surface area contributed by atoms with Crippen molar-refractivity contribution in [1.29, 1.82) is 0 Å². The van der Waals surface area contributed by atoms with Crippen molar-refractivity contribution in [2.45, 2.75) is 97.6 Å². The quantitative estimate of drug-likeness (QED) is 0.486. The lowest BCUT2D eigenvalue weighted by Crippen LogP contribution is -2.47. The number of amides is 1. The lowest BCUT2D eigenvalue weighted by Gasteiger charge is -2.37. The Balaban J connectivity index is 1.81. The zero-order valence-electron chi connectivity index (χ0n) is 18.2. The summed E-state index contributed by atoms with van der Waals surface area (Å²) >= 11 is 0. The number of hydrogen-bond donors (Lipinski definition) is 1. The van der Waals surface area contributed by atoms with Crippen molar-refractivity contribution in [2.75, 3.05) is 13.1 Å². The van der Waals surface area contributed by atoms with Gasteiger partial charge in [-0.3, -0.25) is 4.79 Å². The molecule has 2 aliphatic carbocycles. The van der Waals surface area contributed by atoms with Gasteiger partial charge in [0.25, 0.3) is 0 Å². The first kappa shape index (κ1) is 22.2. The monoisotopic (exact) mass is 374 g/mol. The lowest BCUT2D eigenvalue weighted by atomic mass is 9.97. The molecule has 0 aromatic carbocycles. The van der Waals surface area contributed by atoms with Gasteiger partial charge in [0.1, 0.15) is 0 Å². The van der Waals surface area contributed by atoms with E-state index in [1.165, 1.54) is 31.3 Å². The topological polar surface area (TPSA) is 32.3 Å². The highest BCUT2D eigenvalue weighted by Crippen LogP contribution is 2.32. The van der Waals surface area contributed by atoms with Gasteiger partial charge in [0.05, 0.1) is 6.04 Å². The van der Waals surface area contributed by atoms with Crippen LogP contribution in [0.2, 0.25) is 0 Å². The zero-order valence-corrected chi connectivity index (χ0v) is 18.2. The zero-order chi connectivity index (χ0) is 19.6. The number of allylic oxidation sites excluding steroid dienone is 2. The van der Waals surface area contributed by atoms with Gasteiger partial charge in [0.15, 0.2) is 0 Å². The van der Waals surface area contributed by atoms with E-state index in [2.05, 4.69) is 49.2 Å². The van der Waals surface area contributed by atoms with E-state index in [1.807, 2.05) is 6.92 Å². The van der Waals surface area contributed by atoms with E-state index in [4.69, 9.17) is 0 Å². The smallest absolute Gasteiger partial charge is 0.223 e. The minimum Gasteiger partial charge on any atom is -0.333 e.